The maximum absolute atomic E-state index is 11.9. The molecule has 4 heteroatoms. The van der Waals surface area contributed by atoms with Gasteiger partial charge in [-0.25, -0.2) is 0 Å². The molecule has 0 aliphatic heterocycles. The third kappa shape index (κ3) is 3.25. The maximum atomic E-state index is 11.9. The van der Waals surface area contributed by atoms with E-state index in [-0.39, 0.29) is 18.1 Å². The van der Waals surface area contributed by atoms with Crippen molar-refractivity contribution in [3.8, 4) is 5.75 Å². The first-order valence-electron chi connectivity index (χ1n) is 5.99. The van der Waals surface area contributed by atoms with Crippen molar-refractivity contribution in [1.82, 2.24) is 0 Å². The van der Waals surface area contributed by atoms with Gasteiger partial charge < -0.3 is 16.2 Å². The lowest BCUT2D eigenvalue weighted by molar-refractivity contribution is -0.115. The zero-order valence-corrected chi connectivity index (χ0v) is 10.7. The SMILES string of the molecule is Cc1c(N)cccc1NC(=O)Cc1cccc(O)c1. The zero-order chi connectivity index (χ0) is 13.8. The van der Waals surface area contributed by atoms with Crippen molar-refractivity contribution in [3.05, 3.63) is 53.6 Å². The largest absolute Gasteiger partial charge is 0.508 e. The Kier molecular flexibility index (Phi) is 3.71. The maximum Gasteiger partial charge on any atom is 0.228 e. The number of amides is 1. The van der Waals surface area contributed by atoms with Crippen LogP contribution in [0.1, 0.15) is 11.1 Å². The number of hydrogen-bond donors (Lipinski definition) is 3. The number of rotatable bonds is 3. The average Bonchev–Trinajstić information content (AvgIpc) is 2.35. The average molecular weight is 256 g/mol. The molecule has 0 aliphatic carbocycles. The topological polar surface area (TPSA) is 75.3 Å². The van der Waals surface area contributed by atoms with Gasteiger partial charge in [0.2, 0.25) is 5.91 Å². The van der Waals surface area contributed by atoms with E-state index >= 15 is 0 Å². The van der Waals surface area contributed by atoms with E-state index in [0.29, 0.717) is 11.4 Å². The van der Waals surface area contributed by atoms with Crippen LogP contribution in [0.25, 0.3) is 0 Å². The molecular formula is C15H16N2O2. The molecule has 1 amide bonds. The predicted molar refractivity (Wildman–Crippen MR) is 76.0 cm³/mol. The summed E-state index contributed by atoms with van der Waals surface area (Å²) in [6, 6.07) is 12.1. The molecule has 0 heterocycles. The van der Waals surface area contributed by atoms with Crippen LogP contribution in [-0.2, 0) is 11.2 Å². The monoisotopic (exact) mass is 256 g/mol. The van der Waals surface area contributed by atoms with Crippen LogP contribution in [0.5, 0.6) is 5.75 Å². The molecule has 2 aromatic carbocycles. The van der Waals surface area contributed by atoms with E-state index < -0.39 is 0 Å². The summed E-state index contributed by atoms with van der Waals surface area (Å²) in [5.74, 6) is 0.0183. The van der Waals surface area contributed by atoms with Gasteiger partial charge in [0, 0.05) is 11.4 Å². The highest BCUT2D eigenvalue weighted by molar-refractivity contribution is 5.93. The van der Waals surface area contributed by atoms with Crippen LogP contribution < -0.4 is 11.1 Å². The van der Waals surface area contributed by atoms with Gasteiger partial charge in [0.15, 0.2) is 0 Å². The van der Waals surface area contributed by atoms with E-state index in [4.69, 9.17) is 5.73 Å². The molecule has 2 rings (SSSR count). The van der Waals surface area contributed by atoms with Crippen LogP contribution in [-0.4, -0.2) is 11.0 Å². The first kappa shape index (κ1) is 13.0. The predicted octanol–water partition coefficient (Wildman–Crippen LogP) is 2.46. The highest BCUT2D eigenvalue weighted by atomic mass is 16.3. The quantitative estimate of drug-likeness (QED) is 0.738. The summed E-state index contributed by atoms with van der Waals surface area (Å²) in [6.07, 6.45) is 0.211. The highest BCUT2D eigenvalue weighted by Gasteiger charge is 2.07. The van der Waals surface area contributed by atoms with Gasteiger partial charge in [-0.1, -0.05) is 18.2 Å². The number of carbonyl (C=O) groups is 1. The fraction of sp³-hybridized carbons (Fsp3) is 0.133. The number of aromatic hydroxyl groups is 1. The highest BCUT2D eigenvalue weighted by Crippen LogP contribution is 2.20. The minimum atomic E-state index is -0.140. The lowest BCUT2D eigenvalue weighted by Crippen LogP contribution is -2.15. The molecule has 4 nitrogen and oxygen atoms in total. The number of benzene rings is 2. The molecule has 0 unspecified atom stereocenters. The van der Waals surface area contributed by atoms with Gasteiger partial charge in [0.1, 0.15) is 5.75 Å². The van der Waals surface area contributed by atoms with Crippen LogP contribution in [0.2, 0.25) is 0 Å². The molecule has 0 radical (unpaired) electrons. The van der Waals surface area contributed by atoms with Gasteiger partial charge in [-0.15, -0.1) is 0 Å². The van der Waals surface area contributed by atoms with Crippen molar-refractivity contribution in [2.45, 2.75) is 13.3 Å². The van der Waals surface area contributed by atoms with Crippen molar-refractivity contribution >= 4 is 17.3 Å². The smallest absolute Gasteiger partial charge is 0.228 e. The molecule has 0 aliphatic rings. The van der Waals surface area contributed by atoms with Gasteiger partial charge in [0.05, 0.1) is 6.42 Å². The van der Waals surface area contributed by atoms with Crippen molar-refractivity contribution in [2.24, 2.45) is 0 Å². The second kappa shape index (κ2) is 5.44. The Bertz CT molecular complexity index is 609. The Morgan fingerprint density at radius 1 is 1.26 bits per heavy atom. The van der Waals surface area contributed by atoms with Crippen LogP contribution in [0.15, 0.2) is 42.5 Å². The van der Waals surface area contributed by atoms with Gasteiger partial charge >= 0.3 is 0 Å². The molecule has 0 fully saturated rings. The second-order valence-electron chi connectivity index (χ2n) is 4.41. The molecule has 2 aromatic rings. The Balaban J connectivity index is 2.08. The summed E-state index contributed by atoms with van der Waals surface area (Å²) < 4.78 is 0. The Morgan fingerprint density at radius 3 is 2.74 bits per heavy atom. The molecule has 0 saturated carbocycles. The Labute approximate surface area is 111 Å². The summed E-state index contributed by atoms with van der Waals surface area (Å²) in [7, 11) is 0. The van der Waals surface area contributed by atoms with Crippen molar-refractivity contribution in [2.75, 3.05) is 11.1 Å². The van der Waals surface area contributed by atoms with Crippen LogP contribution >= 0.6 is 0 Å². The molecular weight excluding hydrogens is 240 g/mol. The summed E-state index contributed by atoms with van der Waals surface area (Å²) in [4.78, 5) is 11.9. The van der Waals surface area contributed by atoms with E-state index in [2.05, 4.69) is 5.32 Å². The van der Waals surface area contributed by atoms with Crippen molar-refractivity contribution < 1.29 is 9.90 Å². The third-order valence-electron chi connectivity index (χ3n) is 2.93. The van der Waals surface area contributed by atoms with Crippen molar-refractivity contribution in [3.63, 3.8) is 0 Å². The first-order chi connectivity index (χ1) is 9.06. The lowest BCUT2D eigenvalue weighted by atomic mass is 10.1. The Hall–Kier alpha value is -2.49. The van der Waals surface area contributed by atoms with Gasteiger partial charge in [-0.05, 0) is 42.3 Å². The van der Waals surface area contributed by atoms with E-state index in [9.17, 15) is 9.90 Å². The van der Waals surface area contributed by atoms with E-state index in [1.165, 1.54) is 0 Å². The zero-order valence-electron chi connectivity index (χ0n) is 10.7. The summed E-state index contributed by atoms with van der Waals surface area (Å²) in [5.41, 5.74) is 8.76. The molecule has 0 saturated heterocycles. The number of phenolic OH excluding ortho intramolecular Hbond substituents is 1. The molecule has 98 valence electrons. The number of hydrogen-bond acceptors (Lipinski definition) is 3. The minimum absolute atomic E-state index is 0.140. The molecule has 4 N–H and O–H groups in total. The molecule has 0 atom stereocenters. The van der Waals surface area contributed by atoms with E-state index in [1.54, 1.807) is 36.4 Å². The molecule has 0 spiro atoms. The first-order valence-corrected chi connectivity index (χ1v) is 5.99. The van der Waals surface area contributed by atoms with Crippen LogP contribution in [0.3, 0.4) is 0 Å². The number of nitrogens with one attached hydrogen (secondary N) is 1. The number of phenols is 1. The summed E-state index contributed by atoms with van der Waals surface area (Å²) >= 11 is 0. The van der Waals surface area contributed by atoms with Crippen LogP contribution in [0.4, 0.5) is 11.4 Å². The van der Waals surface area contributed by atoms with Crippen molar-refractivity contribution in [1.29, 1.82) is 0 Å². The number of nitrogen functional groups attached to an aromatic ring is 1. The standard InChI is InChI=1S/C15H16N2O2/c1-10-13(16)6-3-7-14(10)17-15(19)9-11-4-2-5-12(18)8-11/h2-8,18H,9,16H2,1H3,(H,17,19). The lowest BCUT2D eigenvalue weighted by Gasteiger charge is -2.10. The fourth-order valence-electron chi connectivity index (χ4n) is 1.84. The van der Waals surface area contributed by atoms with Gasteiger partial charge in [-0.3, -0.25) is 4.79 Å². The van der Waals surface area contributed by atoms with E-state index in [0.717, 1.165) is 11.1 Å². The Morgan fingerprint density at radius 2 is 2.00 bits per heavy atom. The molecule has 0 aromatic heterocycles. The molecule has 19 heavy (non-hydrogen) atoms. The number of carbonyl (C=O) groups excluding carboxylic acids is 1. The second-order valence-corrected chi connectivity index (χ2v) is 4.41. The van der Waals surface area contributed by atoms with Gasteiger partial charge in [0.25, 0.3) is 0 Å². The fourth-order valence-corrected chi connectivity index (χ4v) is 1.84. The number of anilines is 2. The molecule has 0 bridgehead atoms. The number of nitrogens with two attached hydrogens (primary N) is 1. The van der Waals surface area contributed by atoms with E-state index in [1.807, 2.05) is 13.0 Å². The normalized spacial score (nSPS) is 10.2. The minimum Gasteiger partial charge on any atom is -0.508 e. The third-order valence-corrected chi connectivity index (χ3v) is 2.93. The van der Waals surface area contributed by atoms with Crippen LogP contribution in [0, 0.1) is 6.92 Å². The summed E-state index contributed by atoms with van der Waals surface area (Å²) in [6.45, 7) is 1.86. The summed E-state index contributed by atoms with van der Waals surface area (Å²) in [5, 5.41) is 12.2. The van der Waals surface area contributed by atoms with Gasteiger partial charge in [-0.2, -0.15) is 0 Å².